The number of ether oxygens (including phenoxy) is 1. The molecule has 1 aliphatic heterocycles. The Kier molecular flexibility index (Phi) is 8.61. The van der Waals surface area contributed by atoms with E-state index < -0.39 is 29.3 Å². The third-order valence-electron chi connectivity index (χ3n) is 5.66. The summed E-state index contributed by atoms with van der Waals surface area (Å²) in [7, 11) is 0. The van der Waals surface area contributed by atoms with Gasteiger partial charge >= 0.3 is 11.7 Å². The summed E-state index contributed by atoms with van der Waals surface area (Å²) in [4.78, 5) is 19.1. The highest BCUT2D eigenvalue weighted by Gasteiger charge is 2.30. The van der Waals surface area contributed by atoms with Crippen molar-refractivity contribution in [3.05, 3.63) is 71.9 Å². The number of nitrogens with zero attached hydrogens (tertiary/aromatic N) is 2. The van der Waals surface area contributed by atoms with Gasteiger partial charge in [-0.05, 0) is 73.2 Å². The van der Waals surface area contributed by atoms with Crippen LogP contribution >= 0.6 is 23.8 Å². The summed E-state index contributed by atoms with van der Waals surface area (Å²) >= 11 is 10.1. The molecule has 2 aromatic carbocycles. The number of hydrogen-bond acceptors (Lipinski definition) is 6. The zero-order valence-electron chi connectivity index (χ0n) is 20.3. The van der Waals surface area contributed by atoms with Gasteiger partial charge in [-0.25, -0.2) is 4.98 Å². The zero-order valence-corrected chi connectivity index (χ0v) is 21.9. The number of nitrogens with one attached hydrogen (secondary N) is 3. The van der Waals surface area contributed by atoms with E-state index in [1.165, 1.54) is 48.7 Å². The van der Waals surface area contributed by atoms with E-state index in [1.807, 2.05) is 0 Å². The molecule has 3 aromatic rings. The molecule has 0 unspecified atom stereocenters. The molecule has 1 amide bonds. The second kappa shape index (κ2) is 11.8. The van der Waals surface area contributed by atoms with Gasteiger partial charge in [-0.3, -0.25) is 4.79 Å². The van der Waals surface area contributed by atoms with Crippen molar-refractivity contribution >= 4 is 57.7 Å². The van der Waals surface area contributed by atoms with Crippen LogP contribution in [0.15, 0.2) is 60.8 Å². The van der Waals surface area contributed by atoms with Gasteiger partial charge < -0.3 is 30.7 Å². The molecule has 0 saturated carbocycles. The van der Waals surface area contributed by atoms with Crippen molar-refractivity contribution in [2.24, 2.45) is 0 Å². The second-order valence-corrected chi connectivity index (χ2v) is 9.51. The number of thiocarbonyl (C=S) groups is 1. The third kappa shape index (κ3) is 7.90. The first kappa shape index (κ1) is 29.2. The van der Waals surface area contributed by atoms with E-state index in [0.717, 1.165) is 12.1 Å². The number of carbonyl (C=O) groups excluding carboxylic acids is 1. The number of amides is 1. The Morgan fingerprint density at radius 3 is 2.23 bits per heavy atom. The zero-order chi connectivity index (χ0) is 29.1. The summed E-state index contributed by atoms with van der Waals surface area (Å²) in [5, 5.41) is 18.3. The summed E-state index contributed by atoms with van der Waals surface area (Å²) in [5.41, 5.74) is -3.71. The van der Waals surface area contributed by atoms with E-state index in [-0.39, 0.29) is 22.1 Å². The molecule has 1 aromatic heterocycles. The van der Waals surface area contributed by atoms with Crippen LogP contribution in [0.5, 0.6) is 5.75 Å². The highest BCUT2D eigenvalue weighted by atomic mass is 35.5. The summed E-state index contributed by atoms with van der Waals surface area (Å²) in [5.74, 6) is -0.396. The first-order valence-corrected chi connectivity index (χ1v) is 12.4. The van der Waals surface area contributed by atoms with Crippen LogP contribution in [-0.2, 0) is 6.18 Å². The van der Waals surface area contributed by atoms with Crippen molar-refractivity contribution in [2.45, 2.75) is 24.3 Å². The number of aliphatic hydroxyl groups is 1. The van der Waals surface area contributed by atoms with Gasteiger partial charge in [0.1, 0.15) is 5.75 Å². The number of aliphatic hydroxyl groups excluding tert-OH is 1. The van der Waals surface area contributed by atoms with Crippen LogP contribution in [0, 0.1) is 0 Å². The van der Waals surface area contributed by atoms with Crippen molar-refractivity contribution in [1.82, 2.24) is 4.98 Å². The predicted octanol–water partition coefficient (Wildman–Crippen LogP) is 5.90. The van der Waals surface area contributed by atoms with E-state index in [9.17, 15) is 31.9 Å². The molecule has 0 radical (unpaired) electrons. The molecule has 4 N–H and O–H groups in total. The molecule has 1 atom stereocenters. The fourth-order valence-electron chi connectivity index (χ4n) is 3.83. The minimum atomic E-state index is -4.48. The lowest BCUT2D eigenvalue weighted by Crippen LogP contribution is -2.26. The van der Waals surface area contributed by atoms with Gasteiger partial charge in [0.25, 0.3) is 5.91 Å². The average molecular weight is 602 g/mol. The molecule has 1 aliphatic rings. The van der Waals surface area contributed by atoms with Crippen LogP contribution in [0.4, 0.5) is 44.8 Å². The fourth-order valence-corrected chi connectivity index (χ4v) is 4.15. The first-order valence-electron chi connectivity index (χ1n) is 11.6. The van der Waals surface area contributed by atoms with Gasteiger partial charge in [-0.1, -0.05) is 0 Å². The van der Waals surface area contributed by atoms with Crippen LogP contribution < -0.4 is 25.6 Å². The van der Waals surface area contributed by atoms with Gasteiger partial charge in [0, 0.05) is 42.3 Å². The minimum Gasteiger partial charge on any atom is -0.420 e. The highest BCUT2D eigenvalue weighted by molar-refractivity contribution is 7.80. The fraction of sp³-hybridized carbons (Fsp3) is 0.240. The standard InChI is InChI=1S/C25H21ClF5N5O3S/c26-25(30,31)39-19-7-5-16(6-8-19)33-22(38)14-11-20(21(32-12-14)36-10-9-18(37)13-36)35-23(40)34-17-3-1-15(2-4-17)24(27,28)29/h1-8,11-12,18,37H,9-10,13H2,(H,33,38)(H2,34,35,40)/t18-/m1/s1. The molecule has 0 spiro atoms. The van der Waals surface area contributed by atoms with Crippen molar-refractivity contribution in [3.8, 4) is 5.75 Å². The molecular formula is C25H21ClF5N5O3S. The number of aromatic nitrogens is 1. The normalized spacial score (nSPS) is 15.5. The van der Waals surface area contributed by atoms with Crippen molar-refractivity contribution in [3.63, 3.8) is 0 Å². The van der Waals surface area contributed by atoms with Crippen molar-refractivity contribution < 1.29 is 36.6 Å². The smallest absolute Gasteiger partial charge is 0.420 e. The third-order valence-corrected chi connectivity index (χ3v) is 5.94. The van der Waals surface area contributed by atoms with E-state index in [1.54, 1.807) is 4.90 Å². The summed E-state index contributed by atoms with van der Waals surface area (Å²) in [6, 6.07) is 10.8. The van der Waals surface area contributed by atoms with Crippen molar-refractivity contribution in [1.29, 1.82) is 0 Å². The van der Waals surface area contributed by atoms with E-state index in [0.29, 0.717) is 36.7 Å². The number of pyridine rings is 1. The molecule has 2 heterocycles. The number of halogens is 6. The largest absolute Gasteiger partial charge is 0.487 e. The van der Waals surface area contributed by atoms with Crippen LogP contribution in [0.3, 0.4) is 0 Å². The highest BCUT2D eigenvalue weighted by Crippen LogP contribution is 2.31. The minimum absolute atomic E-state index is 0.0202. The Labute approximate surface area is 235 Å². The average Bonchev–Trinajstić information content (AvgIpc) is 3.30. The Balaban J connectivity index is 1.50. The lowest BCUT2D eigenvalue weighted by atomic mass is 10.2. The van der Waals surface area contributed by atoms with Gasteiger partial charge in [-0.2, -0.15) is 13.2 Å². The molecule has 8 nitrogen and oxygen atoms in total. The Morgan fingerprint density at radius 1 is 1.02 bits per heavy atom. The van der Waals surface area contributed by atoms with Gasteiger partial charge in [0.05, 0.1) is 22.9 Å². The van der Waals surface area contributed by atoms with Crippen LogP contribution in [-0.4, -0.2) is 45.9 Å². The SMILES string of the molecule is O=C(Nc1ccc(OC(F)(F)Cl)cc1)c1cnc(N2CC[C@@H](O)C2)c(NC(=S)Nc2ccc(C(F)(F)F)cc2)c1. The lowest BCUT2D eigenvalue weighted by molar-refractivity contribution is -0.137. The molecule has 15 heteroatoms. The number of anilines is 4. The Morgan fingerprint density at radius 2 is 1.65 bits per heavy atom. The molecule has 1 fully saturated rings. The van der Waals surface area contributed by atoms with Gasteiger partial charge in [-0.15, -0.1) is 8.78 Å². The summed E-state index contributed by atoms with van der Waals surface area (Å²) in [6.07, 6.45) is -3.22. The van der Waals surface area contributed by atoms with Gasteiger partial charge in [0.2, 0.25) is 0 Å². The maximum atomic E-state index is 12.9. The first-order chi connectivity index (χ1) is 18.8. The number of β-amino-alcohol motifs (C(OH)–C–C–N with tert-alkyl or cyclic N) is 1. The Hall–Kier alpha value is -3.75. The number of rotatable bonds is 7. The molecule has 0 aliphatic carbocycles. The van der Waals surface area contributed by atoms with E-state index >= 15 is 0 Å². The number of benzene rings is 2. The lowest BCUT2D eigenvalue weighted by Gasteiger charge is -2.22. The quantitative estimate of drug-likeness (QED) is 0.151. The number of alkyl halides is 6. The topological polar surface area (TPSA) is 98.8 Å². The summed E-state index contributed by atoms with van der Waals surface area (Å²) in [6.45, 7) is 0.783. The summed E-state index contributed by atoms with van der Waals surface area (Å²) < 4.78 is 68.4. The van der Waals surface area contributed by atoms with E-state index in [2.05, 4.69) is 25.7 Å². The molecule has 1 saturated heterocycles. The number of hydrogen-bond donors (Lipinski definition) is 4. The number of carbonyl (C=O) groups is 1. The second-order valence-electron chi connectivity index (χ2n) is 8.66. The molecule has 0 bridgehead atoms. The van der Waals surface area contributed by atoms with Crippen LogP contribution in [0.2, 0.25) is 0 Å². The van der Waals surface area contributed by atoms with Gasteiger partial charge in [0.15, 0.2) is 10.9 Å². The Bertz CT molecular complexity index is 1370. The monoisotopic (exact) mass is 601 g/mol. The molecular weight excluding hydrogens is 581 g/mol. The molecule has 4 rings (SSSR count). The maximum absolute atomic E-state index is 12.9. The van der Waals surface area contributed by atoms with E-state index in [4.69, 9.17) is 23.8 Å². The van der Waals surface area contributed by atoms with Crippen molar-refractivity contribution in [2.75, 3.05) is 33.9 Å². The van der Waals surface area contributed by atoms with Crippen LogP contribution in [0.25, 0.3) is 0 Å². The van der Waals surface area contributed by atoms with Crippen LogP contribution in [0.1, 0.15) is 22.3 Å². The molecule has 40 heavy (non-hydrogen) atoms. The molecule has 212 valence electrons. The predicted molar refractivity (Wildman–Crippen MR) is 144 cm³/mol. The maximum Gasteiger partial charge on any atom is 0.487 e.